The number of benzene rings is 1. The SMILES string of the molecule is O=C(O)CC1CCC(=O)N1Cc1ccccc1.[Fm]. The van der Waals surface area contributed by atoms with E-state index in [0.29, 0.717) is 19.4 Å². The molecule has 0 aliphatic carbocycles. The Kier molecular flexibility index (Phi) is 4.02. The van der Waals surface area contributed by atoms with Crippen LogP contribution in [0.5, 0.6) is 0 Å². The van der Waals surface area contributed by atoms with E-state index in [0.717, 1.165) is 5.56 Å². The van der Waals surface area contributed by atoms with Crippen molar-refractivity contribution in [3.05, 3.63) is 35.9 Å². The molecule has 0 spiro atoms. The molecule has 18 heavy (non-hydrogen) atoms. The molecular formula is C13H15FmNO3. The molecule has 1 aromatic rings. The van der Waals surface area contributed by atoms with Gasteiger partial charge < -0.3 is 10.0 Å². The topological polar surface area (TPSA) is 57.6 Å². The van der Waals surface area contributed by atoms with E-state index in [-0.39, 0.29) is 18.4 Å². The van der Waals surface area contributed by atoms with Crippen LogP contribution >= 0.6 is 0 Å². The first kappa shape index (κ1) is 13.2. The van der Waals surface area contributed by atoms with Crippen LogP contribution < -0.4 is 0 Å². The predicted octanol–water partition coefficient (Wildman–Crippen LogP) is 1.65. The number of rotatable bonds is 4. The summed E-state index contributed by atoms with van der Waals surface area (Å²) < 4.78 is 0. The maximum atomic E-state index is 11.7. The minimum atomic E-state index is -0.845. The Balaban J connectivity index is 0.00000162. The summed E-state index contributed by atoms with van der Waals surface area (Å²) in [6.45, 7) is 0.512. The van der Waals surface area contributed by atoms with Gasteiger partial charge >= 0.3 is 5.97 Å². The summed E-state index contributed by atoms with van der Waals surface area (Å²) in [5.41, 5.74) is 1.04. The number of carbonyl (C=O) groups is 2. The van der Waals surface area contributed by atoms with Crippen LogP contribution in [-0.4, -0.2) is 27.9 Å². The van der Waals surface area contributed by atoms with Gasteiger partial charge in [-0.25, -0.2) is 0 Å². The fourth-order valence-corrected chi connectivity index (χ4v) is 2.20. The molecule has 0 saturated carbocycles. The number of hydrogen-bond donors (Lipinski definition) is 1. The molecule has 0 aromatic heterocycles. The van der Waals surface area contributed by atoms with E-state index >= 15 is 0 Å². The summed E-state index contributed by atoms with van der Waals surface area (Å²) in [4.78, 5) is 24.1. The standard InChI is InChI=1S/C13H15NO3.Fm/c15-12-7-6-11(8-13(16)17)14(12)9-10-4-2-1-3-5-10;/h1-5,11H,6-9H2,(H,16,17);. The number of likely N-dealkylation sites (tertiary alicyclic amines) is 1. The predicted molar refractivity (Wildman–Crippen MR) is 62.3 cm³/mol. The van der Waals surface area contributed by atoms with Crippen molar-refractivity contribution in [1.82, 2.24) is 4.90 Å². The molecule has 0 radical (unpaired) electrons. The van der Waals surface area contributed by atoms with Crippen molar-refractivity contribution in [2.24, 2.45) is 0 Å². The van der Waals surface area contributed by atoms with Crippen LogP contribution in [0.4, 0.5) is 0 Å². The molecule has 5 heteroatoms. The fourth-order valence-electron chi connectivity index (χ4n) is 2.20. The number of carboxylic acids is 1. The number of carbonyl (C=O) groups excluding carboxylic acids is 1. The zero-order valence-corrected chi connectivity index (χ0v) is 12.2. The van der Waals surface area contributed by atoms with E-state index in [1.54, 1.807) is 4.90 Å². The van der Waals surface area contributed by atoms with Crippen LogP contribution in [0.2, 0.25) is 0 Å². The van der Waals surface area contributed by atoms with E-state index in [9.17, 15) is 9.59 Å². The Morgan fingerprint density at radius 3 is 2.61 bits per heavy atom. The molecule has 1 atom stereocenters. The van der Waals surface area contributed by atoms with Crippen molar-refractivity contribution in [2.75, 3.05) is 0 Å². The summed E-state index contributed by atoms with van der Waals surface area (Å²) >= 11 is 0. The molecule has 1 amide bonds. The molecule has 1 aliphatic rings. The van der Waals surface area contributed by atoms with Gasteiger partial charge in [0.15, 0.2) is 0 Å². The summed E-state index contributed by atoms with van der Waals surface area (Å²) in [6, 6.07) is 9.50. The van der Waals surface area contributed by atoms with Gasteiger partial charge in [-0.05, 0) is 12.0 Å². The average molecular weight is 490 g/mol. The molecular weight excluding hydrogens is 475 g/mol. The first-order valence-electron chi connectivity index (χ1n) is 5.72. The van der Waals surface area contributed by atoms with Crippen molar-refractivity contribution in [3.8, 4) is 0 Å². The maximum absolute atomic E-state index is 11.7. The Morgan fingerprint density at radius 1 is 1.33 bits per heavy atom. The van der Waals surface area contributed by atoms with Gasteiger partial charge in [0.25, 0.3) is 0 Å². The Morgan fingerprint density at radius 2 is 2.00 bits per heavy atom. The number of hydrogen-bond acceptors (Lipinski definition) is 2. The monoisotopic (exact) mass is 490 g/mol. The van der Waals surface area contributed by atoms with Gasteiger partial charge in [0.2, 0.25) is 5.91 Å². The molecule has 0 bridgehead atoms. The van der Waals surface area contributed by atoms with Crippen molar-refractivity contribution in [3.63, 3.8) is 0 Å². The summed E-state index contributed by atoms with van der Waals surface area (Å²) in [5.74, 6) is -0.789. The summed E-state index contributed by atoms with van der Waals surface area (Å²) in [7, 11) is 0. The Bertz CT molecular complexity index is 422. The van der Waals surface area contributed by atoms with Crippen LogP contribution in [0.3, 0.4) is 0 Å². The van der Waals surface area contributed by atoms with Crippen molar-refractivity contribution in [2.45, 2.75) is 31.8 Å². The third kappa shape index (κ3) is 2.84. The molecule has 1 aliphatic heterocycles. The summed E-state index contributed by atoms with van der Waals surface area (Å²) in [5, 5.41) is 8.81. The molecule has 1 aromatic carbocycles. The normalized spacial score (nSPS) is 18.6. The van der Waals surface area contributed by atoms with Crippen molar-refractivity contribution < 1.29 is 14.7 Å². The number of carboxylic acid groups (broad SMARTS) is 1. The van der Waals surface area contributed by atoms with Gasteiger partial charge in [0, 0.05) is 19.0 Å². The number of aliphatic carboxylic acids is 1. The van der Waals surface area contributed by atoms with Gasteiger partial charge in [0.1, 0.15) is 0 Å². The molecule has 1 saturated heterocycles. The van der Waals surface area contributed by atoms with E-state index in [4.69, 9.17) is 5.11 Å². The van der Waals surface area contributed by atoms with Crippen LogP contribution in [0, 0.1) is 0 Å². The summed E-state index contributed by atoms with van der Waals surface area (Å²) in [6.07, 6.45) is 1.15. The molecule has 1 heterocycles. The molecule has 102 valence electrons. The largest absolute Gasteiger partial charge is 0.481 e. The van der Waals surface area contributed by atoms with Gasteiger partial charge in [-0.15, -0.1) is 0 Å². The molecule has 1 fully saturated rings. The number of amides is 1. The first-order chi connectivity index (χ1) is 8.16. The molecule has 4 nitrogen and oxygen atoms in total. The molecule has 1 N–H and O–H groups in total. The van der Waals surface area contributed by atoms with E-state index in [1.165, 1.54) is 0 Å². The van der Waals surface area contributed by atoms with Crippen LogP contribution in [0.15, 0.2) is 30.3 Å². The number of nitrogens with zero attached hydrogens (tertiary/aromatic N) is 1. The van der Waals surface area contributed by atoms with Crippen LogP contribution in [0.25, 0.3) is 0 Å². The fraction of sp³-hybridized carbons (Fsp3) is 0.385. The van der Waals surface area contributed by atoms with Crippen molar-refractivity contribution in [1.29, 1.82) is 0 Å². The smallest absolute Gasteiger partial charge is 0.305 e. The van der Waals surface area contributed by atoms with Crippen molar-refractivity contribution >= 4 is 11.9 Å². The quantitative estimate of drug-likeness (QED) is 0.699. The van der Waals surface area contributed by atoms with Gasteiger partial charge in [-0.1, -0.05) is 30.3 Å². The second-order valence-corrected chi connectivity index (χ2v) is 4.30. The zero-order chi connectivity index (χ0) is 12.3. The molecule has 2 rings (SSSR count). The van der Waals surface area contributed by atoms with E-state index in [2.05, 4.69) is 0 Å². The third-order valence-electron chi connectivity index (χ3n) is 3.06. The Labute approximate surface area is 99.9 Å². The maximum Gasteiger partial charge on any atom is 0.305 e. The van der Waals surface area contributed by atoms with E-state index in [1.807, 2.05) is 30.3 Å². The first-order valence-corrected chi connectivity index (χ1v) is 5.72. The Hall–Kier alpha value is -2.84. The minimum Gasteiger partial charge on any atom is -0.481 e. The minimum absolute atomic E-state index is 0. The van der Waals surface area contributed by atoms with Crippen LogP contribution in [-0.2, 0) is 16.1 Å². The van der Waals surface area contributed by atoms with E-state index < -0.39 is 5.97 Å². The van der Waals surface area contributed by atoms with Gasteiger partial charge in [-0.3, -0.25) is 9.59 Å². The second-order valence-electron chi connectivity index (χ2n) is 4.30. The zero-order valence-electron chi connectivity index (χ0n) is 9.79. The average Bonchev–Trinajstić information content (AvgIpc) is 2.62. The van der Waals surface area contributed by atoms with Crippen LogP contribution in [0.1, 0.15) is 24.8 Å². The third-order valence-corrected chi connectivity index (χ3v) is 3.06. The molecule has 1 unspecified atom stereocenters. The van der Waals surface area contributed by atoms with Gasteiger partial charge in [-0.2, -0.15) is 0 Å². The van der Waals surface area contributed by atoms with Gasteiger partial charge in [0.05, 0.1) is 6.42 Å². The second kappa shape index (κ2) is 5.48.